The first-order chi connectivity index (χ1) is 14.4. The van der Waals surface area contributed by atoms with Gasteiger partial charge < -0.3 is 14.6 Å². The number of halogens is 3. The lowest BCUT2D eigenvalue weighted by Gasteiger charge is -2.11. The molecule has 0 bridgehead atoms. The molecule has 1 amide bonds. The van der Waals surface area contributed by atoms with Gasteiger partial charge in [-0.2, -0.15) is 0 Å². The van der Waals surface area contributed by atoms with Crippen molar-refractivity contribution in [1.82, 2.24) is 14.8 Å². The number of carbonyl (C=O) groups is 1. The second-order valence-corrected chi connectivity index (χ2v) is 8.50. The minimum atomic E-state index is -0.182. The van der Waals surface area contributed by atoms with Crippen LogP contribution in [0.15, 0.2) is 41.6 Å². The van der Waals surface area contributed by atoms with Crippen LogP contribution >= 0.6 is 46.6 Å². The lowest BCUT2D eigenvalue weighted by atomic mass is 10.2. The summed E-state index contributed by atoms with van der Waals surface area (Å²) in [4.78, 5) is 12.3. The Kier molecular flexibility index (Phi) is 7.88. The van der Waals surface area contributed by atoms with E-state index in [4.69, 9.17) is 39.5 Å². The van der Waals surface area contributed by atoms with Gasteiger partial charge >= 0.3 is 0 Å². The van der Waals surface area contributed by atoms with Crippen molar-refractivity contribution in [2.24, 2.45) is 0 Å². The number of thioether (sulfide) groups is 1. The molecule has 0 aliphatic carbocycles. The number of nitrogens with one attached hydrogen (secondary N) is 1. The Labute approximate surface area is 193 Å². The first-order valence-corrected chi connectivity index (χ1v) is 11.2. The minimum Gasteiger partial charge on any atom is -0.485 e. The number of aromatic nitrogens is 3. The van der Waals surface area contributed by atoms with Gasteiger partial charge in [-0.05, 0) is 55.8 Å². The molecule has 1 N–H and O–H groups in total. The maximum Gasteiger partial charge on any atom is 0.234 e. The quantitative estimate of drug-likeness (QED) is 0.404. The van der Waals surface area contributed by atoms with Gasteiger partial charge in [0.05, 0.1) is 15.8 Å². The molecule has 1 aromatic heterocycles. The molecular formula is C20H19Cl3N4O2S. The molecule has 0 unspecified atom stereocenters. The zero-order valence-corrected chi connectivity index (χ0v) is 19.4. The summed E-state index contributed by atoms with van der Waals surface area (Å²) < 4.78 is 7.78. The van der Waals surface area contributed by atoms with Gasteiger partial charge in [0.15, 0.2) is 11.0 Å². The van der Waals surface area contributed by atoms with Crippen LogP contribution in [0.2, 0.25) is 15.1 Å². The number of ether oxygens (including phenoxy) is 1. The molecule has 6 nitrogen and oxygen atoms in total. The van der Waals surface area contributed by atoms with Crippen molar-refractivity contribution < 1.29 is 9.53 Å². The predicted octanol–water partition coefficient (Wildman–Crippen LogP) is 5.88. The summed E-state index contributed by atoms with van der Waals surface area (Å²) in [6.45, 7) is 4.83. The SMILES string of the molecule is CCn1c(COc2ccc(Cl)cc2C)nnc1SCC(=O)Nc1ccc(Cl)c(Cl)c1. The largest absolute Gasteiger partial charge is 0.485 e. The number of nitrogens with zero attached hydrogens (tertiary/aromatic N) is 3. The highest BCUT2D eigenvalue weighted by molar-refractivity contribution is 7.99. The predicted molar refractivity (Wildman–Crippen MR) is 122 cm³/mol. The van der Waals surface area contributed by atoms with Crippen LogP contribution in [0, 0.1) is 6.92 Å². The molecule has 3 rings (SSSR count). The Morgan fingerprint density at radius 2 is 1.93 bits per heavy atom. The number of aryl methyl sites for hydroxylation is 1. The minimum absolute atomic E-state index is 0.176. The van der Waals surface area contributed by atoms with Gasteiger partial charge in [0.1, 0.15) is 12.4 Å². The highest BCUT2D eigenvalue weighted by atomic mass is 35.5. The third kappa shape index (κ3) is 5.82. The molecule has 3 aromatic rings. The second kappa shape index (κ2) is 10.4. The molecule has 0 aliphatic rings. The Morgan fingerprint density at radius 3 is 2.63 bits per heavy atom. The van der Waals surface area contributed by atoms with Crippen LogP contribution in [0.3, 0.4) is 0 Å². The van der Waals surface area contributed by atoms with Crippen molar-refractivity contribution in [1.29, 1.82) is 0 Å². The number of rotatable bonds is 8. The Hall–Kier alpha value is -1.93. The van der Waals surface area contributed by atoms with E-state index >= 15 is 0 Å². The maximum atomic E-state index is 12.3. The van der Waals surface area contributed by atoms with E-state index in [9.17, 15) is 4.79 Å². The van der Waals surface area contributed by atoms with E-state index in [1.165, 1.54) is 11.8 Å². The standard InChI is InChI=1S/C20H19Cl3N4O2S/c1-3-27-18(10-29-17-7-4-13(21)8-12(17)2)25-26-20(27)30-11-19(28)24-14-5-6-15(22)16(23)9-14/h4-9H,3,10-11H2,1-2H3,(H,24,28). The normalized spacial score (nSPS) is 10.8. The maximum absolute atomic E-state index is 12.3. The molecule has 0 saturated heterocycles. The molecule has 10 heteroatoms. The lowest BCUT2D eigenvalue weighted by molar-refractivity contribution is -0.113. The molecule has 158 valence electrons. The van der Waals surface area contributed by atoms with E-state index in [1.807, 2.05) is 30.5 Å². The molecule has 1 heterocycles. The lowest BCUT2D eigenvalue weighted by Crippen LogP contribution is -2.15. The third-order valence-corrected chi connectivity index (χ3v) is 6.08. The highest BCUT2D eigenvalue weighted by Crippen LogP contribution is 2.26. The number of carbonyl (C=O) groups excluding carboxylic acids is 1. The van der Waals surface area contributed by atoms with Gasteiger partial charge in [-0.3, -0.25) is 4.79 Å². The van der Waals surface area contributed by atoms with Crippen molar-refractivity contribution in [2.45, 2.75) is 32.2 Å². The molecule has 0 atom stereocenters. The molecule has 0 saturated carbocycles. The molecule has 0 fully saturated rings. The fourth-order valence-electron chi connectivity index (χ4n) is 2.67. The van der Waals surface area contributed by atoms with Crippen LogP contribution in [-0.4, -0.2) is 26.4 Å². The van der Waals surface area contributed by atoms with Crippen LogP contribution < -0.4 is 10.1 Å². The molecule has 0 radical (unpaired) electrons. The summed E-state index contributed by atoms with van der Waals surface area (Å²) in [5, 5.41) is 13.3. The zero-order chi connectivity index (χ0) is 21.7. The average molecular weight is 486 g/mol. The van der Waals surface area contributed by atoms with Gasteiger partial charge in [0.2, 0.25) is 5.91 Å². The van der Waals surface area contributed by atoms with E-state index in [1.54, 1.807) is 24.3 Å². The van der Waals surface area contributed by atoms with Crippen molar-refractivity contribution in [2.75, 3.05) is 11.1 Å². The topological polar surface area (TPSA) is 69.0 Å². The summed E-state index contributed by atoms with van der Waals surface area (Å²) in [7, 11) is 0. The fourth-order valence-corrected chi connectivity index (χ4v) is 4.01. The number of benzene rings is 2. The summed E-state index contributed by atoms with van der Waals surface area (Å²) >= 11 is 19.1. The monoisotopic (exact) mass is 484 g/mol. The average Bonchev–Trinajstić information content (AvgIpc) is 3.10. The van der Waals surface area contributed by atoms with Crippen LogP contribution in [0.4, 0.5) is 5.69 Å². The van der Waals surface area contributed by atoms with Crippen LogP contribution in [0.5, 0.6) is 5.75 Å². The summed E-state index contributed by atoms with van der Waals surface area (Å²) in [6.07, 6.45) is 0. The Bertz CT molecular complexity index is 1060. The highest BCUT2D eigenvalue weighted by Gasteiger charge is 2.14. The molecular weight excluding hydrogens is 467 g/mol. The number of amides is 1. The van der Waals surface area contributed by atoms with Gasteiger partial charge in [0.25, 0.3) is 0 Å². The van der Waals surface area contributed by atoms with E-state index in [0.717, 1.165) is 11.3 Å². The fraction of sp³-hybridized carbons (Fsp3) is 0.250. The summed E-state index contributed by atoms with van der Waals surface area (Å²) in [5.74, 6) is 1.41. The molecule has 30 heavy (non-hydrogen) atoms. The van der Waals surface area contributed by atoms with Crippen molar-refractivity contribution in [3.8, 4) is 5.75 Å². The first-order valence-electron chi connectivity index (χ1n) is 9.06. The molecule has 0 aliphatic heterocycles. The third-order valence-electron chi connectivity index (χ3n) is 4.14. The number of anilines is 1. The summed E-state index contributed by atoms with van der Waals surface area (Å²) in [5.41, 5.74) is 1.53. The van der Waals surface area contributed by atoms with Crippen LogP contribution in [0.25, 0.3) is 0 Å². The van der Waals surface area contributed by atoms with Crippen molar-refractivity contribution in [3.05, 3.63) is 62.9 Å². The van der Waals surface area contributed by atoms with Gasteiger partial charge in [-0.1, -0.05) is 46.6 Å². The van der Waals surface area contributed by atoms with E-state index < -0.39 is 0 Å². The van der Waals surface area contributed by atoms with Crippen LogP contribution in [-0.2, 0) is 17.9 Å². The van der Waals surface area contributed by atoms with E-state index in [0.29, 0.717) is 38.3 Å². The van der Waals surface area contributed by atoms with Gasteiger partial charge in [0, 0.05) is 17.3 Å². The Balaban J connectivity index is 1.59. The summed E-state index contributed by atoms with van der Waals surface area (Å²) in [6, 6.07) is 10.4. The van der Waals surface area contributed by atoms with Gasteiger partial charge in [-0.15, -0.1) is 10.2 Å². The van der Waals surface area contributed by atoms with Gasteiger partial charge in [-0.25, -0.2) is 0 Å². The molecule has 2 aromatic carbocycles. The van der Waals surface area contributed by atoms with Crippen molar-refractivity contribution in [3.63, 3.8) is 0 Å². The van der Waals surface area contributed by atoms with Crippen molar-refractivity contribution >= 4 is 58.2 Å². The number of hydrogen-bond donors (Lipinski definition) is 1. The molecule has 0 spiro atoms. The van der Waals surface area contributed by atoms with E-state index in [-0.39, 0.29) is 18.3 Å². The first kappa shape index (κ1) is 22.7. The second-order valence-electron chi connectivity index (χ2n) is 6.31. The Morgan fingerprint density at radius 1 is 1.13 bits per heavy atom. The number of hydrogen-bond acceptors (Lipinski definition) is 5. The van der Waals surface area contributed by atoms with Crippen LogP contribution in [0.1, 0.15) is 18.3 Å². The van der Waals surface area contributed by atoms with E-state index in [2.05, 4.69) is 15.5 Å². The smallest absolute Gasteiger partial charge is 0.234 e. The zero-order valence-electron chi connectivity index (χ0n) is 16.3.